The number of ether oxygens (including phenoxy) is 3. The van der Waals surface area contributed by atoms with Gasteiger partial charge in [-0.2, -0.15) is 0 Å². The van der Waals surface area contributed by atoms with E-state index in [1.54, 1.807) is 24.0 Å². The smallest absolute Gasteiger partial charge is 0.414 e. The zero-order chi connectivity index (χ0) is 21.7. The molecule has 2 fully saturated rings. The lowest BCUT2D eigenvalue weighted by atomic mass is 10.2. The zero-order valence-electron chi connectivity index (χ0n) is 16.9. The van der Waals surface area contributed by atoms with E-state index in [0.29, 0.717) is 50.7 Å². The molecule has 0 aliphatic carbocycles. The van der Waals surface area contributed by atoms with Crippen LogP contribution in [0.4, 0.5) is 25.4 Å². The van der Waals surface area contributed by atoms with Crippen LogP contribution in [0.1, 0.15) is 6.92 Å². The molecule has 2 aliphatic rings. The van der Waals surface area contributed by atoms with Gasteiger partial charge in [-0.15, -0.1) is 0 Å². The summed E-state index contributed by atoms with van der Waals surface area (Å²) in [5.74, 6) is -0.438. The number of hydrogen-bond acceptors (Lipinski definition) is 7. The average Bonchev–Trinajstić information content (AvgIpc) is 3.12. The first-order chi connectivity index (χ1) is 14.4. The van der Waals surface area contributed by atoms with E-state index >= 15 is 0 Å². The van der Waals surface area contributed by atoms with Gasteiger partial charge in [-0.1, -0.05) is 0 Å². The van der Waals surface area contributed by atoms with Crippen LogP contribution >= 0.6 is 12.2 Å². The number of nitrogens with one attached hydrogen (secondary N) is 1. The van der Waals surface area contributed by atoms with Crippen LogP contribution in [0, 0.1) is 5.82 Å². The molecule has 30 heavy (non-hydrogen) atoms. The predicted molar refractivity (Wildman–Crippen MR) is 112 cm³/mol. The number of halogens is 1. The SMILES string of the molecule is CCOC(=O)N1CCN(c2ccc(N3CC(CNC(=S)OC)OC3=O)cc2F)CC1. The van der Waals surface area contributed by atoms with E-state index in [9.17, 15) is 14.0 Å². The van der Waals surface area contributed by atoms with Crippen molar-refractivity contribution < 1.29 is 28.2 Å². The minimum absolute atomic E-state index is 0.211. The summed E-state index contributed by atoms with van der Waals surface area (Å²) in [4.78, 5) is 28.8. The molecule has 2 amide bonds. The predicted octanol–water partition coefficient (Wildman–Crippen LogP) is 1.95. The maximum absolute atomic E-state index is 14.8. The number of amides is 2. The Balaban J connectivity index is 1.60. The second-order valence-corrected chi connectivity index (χ2v) is 7.17. The molecule has 0 aromatic heterocycles. The lowest BCUT2D eigenvalue weighted by molar-refractivity contribution is 0.105. The van der Waals surface area contributed by atoms with Gasteiger partial charge in [-0.25, -0.2) is 14.0 Å². The first-order valence-corrected chi connectivity index (χ1v) is 10.1. The van der Waals surface area contributed by atoms with Crippen molar-refractivity contribution in [3.8, 4) is 0 Å². The van der Waals surface area contributed by atoms with E-state index in [1.807, 2.05) is 4.90 Å². The highest BCUT2D eigenvalue weighted by atomic mass is 32.1. The second kappa shape index (κ2) is 9.79. The maximum Gasteiger partial charge on any atom is 0.414 e. The maximum atomic E-state index is 14.8. The number of methoxy groups -OCH3 is 1. The number of thiocarbonyl (C=S) groups is 1. The third kappa shape index (κ3) is 5.02. The minimum atomic E-state index is -0.541. The Morgan fingerprint density at radius 2 is 2.07 bits per heavy atom. The molecule has 2 aliphatic heterocycles. The Kier molecular flexibility index (Phi) is 7.14. The summed E-state index contributed by atoms with van der Waals surface area (Å²) < 4.78 is 30.0. The van der Waals surface area contributed by atoms with Gasteiger partial charge in [-0.05, 0) is 37.3 Å². The number of cyclic esters (lactones) is 1. The monoisotopic (exact) mass is 440 g/mol. The topological polar surface area (TPSA) is 83.6 Å². The summed E-state index contributed by atoms with van der Waals surface area (Å²) in [6, 6.07) is 4.65. The van der Waals surface area contributed by atoms with Crippen molar-refractivity contribution in [2.45, 2.75) is 13.0 Å². The Morgan fingerprint density at radius 3 is 2.70 bits per heavy atom. The van der Waals surface area contributed by atoms with Gasteiger partial charge in [0.05, 0.1) is 38.2 Å². The first-order valence-electron chi connectivity index (χ1n) is 9.69. The molecular formula is C19H25FN4O5S. The lowest BCUT2D eigenvalue weighted by Crippen LogP contribution is -2.49. The summed E-state index contributed by atoms with van der Waals surface area (Å²) >= 11 is 4.90. The molecule has 2 saturated heterocycles. The fourth-order valence-electron chi connectivity index (χ4n) is 3.37. The van der Waals surface area contributed by atoms with Gasteiger partial charge in [0.1, 0.15) is 11.9 Å². The van der Waals surface area contributed by atoms with E-state index in [2.05, 4.69) is 5.32 Å². The summed E-state index contributed by atoms with van der Waals surface area (Å²) in [7, 11) is 1.45. The number of carbonyl (C=O) groups excluding carboxylic acids is 2. The molecule has 2 heterocycles. The molecule has 9 nitrogen and oxygen atoms in total. The van der Waals surface area contributed by atoms with Gasteiger partial charge in [0.15, 0.2) is 0 Å². The van der Waals surface area contributed by atoms with Crippen LogP contribution in [0.25, 0.3) is 0 Å². The van der Waals surface area contributed by atoms with Gasteiger partial charge < -0.3 is 29.3 Å². The largest absolute Gasteiger partial charge is 0.474 e. The van der Waals surface area contributed by atoms with Crippen LogP contribution in [0.5, 0.6) is 0 Å². The fraction of sp³-hybridized carbons (Fsp3) is 0.526. The molecule has 0 bridgehead atoms. The van der Waals surface area contributed by atoms with E-state index in [1.165, 1.54) is 18.1 Å². The van der Waals surface area contributed by atoms with E-state index in [0.717, 1.165) is 0 Å². The number of rotatable bonds is 5. The highest BCUT2D eigenvalue weighted by Crippen LogP contribution is 2.28. The van der Waals surface area contributed by atoms with E-state index < -0.39 is 18.0 Å². The Morgan fingerprint density at radius 1 is 1.33 bits per heavy atom. The van der Waals surface area contributed by atoms with Gasteiger partial charge in [0.2, 0.25) is 0 Å². The third-order valence-electron chi connectivity index (χ3n) is 4.92. The van der Waals surface area contributed by atoms with Gasteiger partial charge >= 0.3 is 12.2 Å². The first kappa shape index (κ1) is 21.9. The Labute approximate surface area is 179 Å². The summed E-state index contributed by atoms with van der Waals surface area (Å²) in [5, 5.41) is 3.05. The molecule has 1 atom stereocenters. The van der Waals surface area contributed by atoms with Crippen LogP contribution in [-0.2, 0) is 14.2 Å². The molecule has 0 saturated carbocycles. The van der Waals surface area contributed by atoms with Crippen molar-refractivity contribution in [1.82, 2.24) is 10.2 Å². The van der Waals surface area contributed by atoms with Crippen molar-refractivity contribution in [2.24, 2.45) is 0 Å². The molecule has 1 aromatic rings. The van der Waals surface area contributed by atoms with Gasteiger partial charge in [0, 0.05) is 26.2 Å². The molecular weight excluding hydrogens is 415 g/mol. The third-order valence-corrected chi connectivity index (χ3v) is 5.23. The summed E-state index contributed by atoms with van der Waals surface area (Å²) in [6.07, 6.45) is -1.32. The Hall–Kier alpha value is -2.82. The van der Waals surface area contributed by atoms with Gasteiger partial charge in [0.25, 0.3) is 5.17 Å². The quantitative estimate of drug-likeness (QED) is 0.696. The van der Waals surface area contributed by atoms with E-state index in [4.69, 9.17) is 26.4 Å². The molecule has 0 spiro atoms. The minimum Gasteiger partial charge on any atom is -0.474 e. The normalized spacial score (nSPS) is 18.8. The summed E-state index contributed by atoms with van der Waals surface area (Å²) in [5.41, 5.74) is 0.849. The molecule has 11 heteroatoms. The van der Waals surface area contributed by atoms with Crippen LogP contribution in [0.2, 0.25) is 0 Å². The van der Waals surface area contributed by atoms with Crippen LogP contribution in [-0.4, -0.2) is 81.4 Å². The van der Waals surface area contributed by atoms with Crippen LogP contribution in [0.15, 0.2) is 18.2 Å². The molecule has 3 rings (SSSR count). The lowest BCUT2D eigenvalue weighted by Gasteiger charge is -2.35. The van der Waals surface area contributed by atoms with Crippen molar-refractivity contribution in [3.05, 3.63) is 24.0 Å². The fourth-order valence-corrected chi connectivity index (χ4v) is 3.46. The standard InChI is InChI=1S/C19H25FN4O5S/c1-3-28-18(25)23-8-6-22(7-9-23)16-5-4-13(10-15(16)20)24-12-14(29-19(24)26)11-21-17(30)27-2/h4-5,10,14H,3,6-9,11-12H2,1-2H3,(H,21,30). The van der Waals surface area contributed by atoms with Crippen LogP contribution in [0.3, 0.4) is 0 Å². The highest BCUT2D eigenvalue weighted by molar-refractivity contribution is 7.80. The van der Waals surface area contributed by atoms with Gasteiger partial charge in [-0.3, -0.25) is 4.90 Å². The van der Waals surface area contributed by atoms with Crippen LogP contribution < -0.4 is 15.1 Å². The zero-order valence-corrected chi connectivity index (χ0v) is 17.7. The highest BCUT2D eigenvalue weighted by Gasteiger charge is 2.33. The summed E-state index contributed by atoms with van der Waals surface area (Å²) in [6.45, 7) is 4.56. The van der Waals surface area contributed by atoms with Crippen molar-refractivity contribution in [3.63, 3.8) is 0 Å². The van der Waals surface area contributed by atoms with E-state index in [-0.39, 0.29) is 17.8 Å². The number of hydrogen-bond donors (Lipinski definition) is 1. The Bertz CT molecular complexity index is 803. The number of anilines is 2. The molecule has 1 unspecified atom stereocenters. The van der Waals surface area contributed by atoms with Crippen molar-refractivity contribution >= 4 is 41.0 Å². The molecule has 1 N–H and O–H groups in total. The van der Waals surface area contributed by atoms with Crippen molar-refractivity contribution in [2.75, 3.05) is 62.8 Å². The molecule has 0 radical (unpaired) electrons. The molecule has 1 aromatic carbocycles. The second-order valence-electron chi connectivity index (χ2n) is 6.80. The number of piperazine rings is 1. The average molecular weight is 440 g/mol. The van der Waals surface area contributed by atoms with Crippen molar-refractivity contribution in [1.29, 1.82) is 0 Å². The number of carbonyl (C=O) groups is 2. The number of benzene rings is 1. The molecule has 164 valence electrons. The number of nitrogens with zero attached hydrogens (tertiary/aromatic N) is 3.